The van der Waals surface area contributed by atoms with Crippen LogP contribution in [0.5, 0.6) is 0 Å². The van der Waals surface area contributed by atoms with Crippen LogP contribution in [0.25, 0.3) is 11.3 Å². The smallest absolute Gasteiger partial charge is 0.185 e. The van der Waals surface area contributed by atoms with Crippen molar-refractivity contribution in [3.8, 4) is 11.3 Å². The molecule has 1 saturated heterocycles. The Labute approximate surface area is 232 Å². The zero-order valence-electron chi connectivity index (χ0n) is 23.0. The van der Waals surface area contributed by atoms with Gasteiger partial charge in [-0.1, -0.05) is 50.4 Å². The Hall–Kier alpha value is -3.26. The molecule has 2 fully saturated rings. The molecule has 1 aromatic heterocycles. The van der Waals surface area contributed by atoms with Gasteiger partial charge in [-0.05, 0) is 48.1 Å². The van der Waals surface area contributed by atoms with E-state index in [0.717, 1.165) is 30.5 Å². The number of benzene rings is 2. The highest BCUT2D eigenvalue weighted by molar-refractivity contribution is 5.96. The van der Waals surface area contributed by atoms with E-state index in [9.17, 15) is 22.8 Å². The molecule has 0 unspecified atom stereocenters. The molecule has 5 rings (SSSR count). The van der Waals surface area contributed by atoms with Gasteiger partial charge in [-0.3, -0.25) is 14.5 Å². The van der Waals surface area contributed by atoms with Crippen LogP contribution in [-0.2, 0) is 10.2 Å². The summed E-state index contributed by atoms with van der Waals surface area (Å²) in [6.07, 6.45) is 6.45. The molecule has 1 aliphatic carbocycles. The molecule has 1 aliphatic heterocycles. The number of halogens is 3. The summed E-state index contributed by atoms with van der Waals surface area (Å²) in [5.41, 5.74) is -0.265. The molecule has 0 N–H and O–H groups in total. The first-order chi connectivity index (χ1) is 19.0. The van der Waals surface area contributed by atoms with Gasteiger partial charge in [-0.25, -0.2) is 13.2 Å². The minimum atomic E-state index is -0.805. The SMILES string of the molecule is CC(C)(CC(=O)CC1(CC(=O)c2cc(-c3ccc(F)cc3F)on2)CN(C2CCCCC2)C1)c1cccc(F)c1. The number of carbonyl (C=O) groups is 2. The van der Waals surface area contributed by atoms with Gasteiger partial charge in [0.05, 0.1) is 5.56 Å². The summed E-state index contributed by atoms with van der Waals surface area (Å²) in [6.45, 7) is 5.15. The van der Waals surface area contributed by atoms with Gasteiger partial charge in [0.1, 0.15) is 28.9 Å². The van der Waals surface area contributed by atoms with Crippen molar-refractivity contribution in [1.29, 1.82) is 0 Å². The number of ketones is 2. The number of carbonyl (C=O) groups excluding carboxylic acids is 2. The van der Waals surface area contributed by atoms with Crippen LogP contribution in [0, 0.1) is 22.9 Å². The van der Waals surface area contributed by atoms with E-state index in [4.69, 9.17) is 4.52 Å². The molecule has 0 bridgehead atoms. The van der Waals surface area contributed by atoms with Gasteiger partial charge in [0.25, 0.3) is 0 Å². The molecule has 2 aliphatic rings. The number of rotatable bonds is 10. The number of likely N-dealkylation sites (tertiary alicyclic amines) is 1. The first-order valence-electron chi connectivity index (χ1n) is 14.0. The second-order valence-electron chi connectivity index (χ2n) is 12.3. The summed E-state index contributed by atoms with van der Waals surface area (Å²) >= 11 is 0. The van der Waals surface area contributed by atoms with Crippen molar-refractivity contribution in [2.45, 2.75) is 76.7 Å². The largest absolute Gasteiger partial charge is 0.355 e. The van der Waals surface area contributed by atoms with Gasteiger partial charge in [0.15, 0.2) is 11.5 Å². The van der Waals surface area contributed by atoms with E-state index in [1.54, 1.807) is 6.07 Å². The molecule has 40 heavy (non-hydrogen) atoms. The number of nitrogens with zero attached hydrogens (tertiary/aromatic N) is 2. The maximum absolute atomic E-state index is 14.2. The molecule has 2 aromatic carbocycles. The molecule has 0 amide bonds. The minimum Gasteiger partial charge on any atom is -0.355 e. The summed E-state index contributed by atoms with van der Waals surface area (Å²) in [7, 11) is 0. The average molecular weight is 553 g/mol. The number of hydrogen-bond acceptors (Lipinski definition) is 5. The van der Waals surface area contributed by atoms with E-state index >= 15 is 0 Å². The van der Waals surface area contributed by atoms with Crippen molar-refractivity contribution >= 4 is 11.6 Å². The fourth-order valence-electron chi connectivity index (χ4n) is 6.45. The Kier molecular flexibility index (Phi) is 8.00. The van der Waals surface area contributed by atoms with Crippen molar-refractivity contribution in [2.24, 2.45) is 5.41 Å². The molecule has 0 atom stereocenters. The van der Waals surface area contributed by atoms with Crippen LogP contribution in [0.4, 0.5) is 13.2 Å². The van der Waals surface area contributed by atoms with Crippen LogP contribution in [0.1, 0.15) is 81.3 Å². The maximum atomic E-state index is 14.2. The fraction of sp³-hybridized carbons (Fsp3) is 0.469. The second kappa shape index (κ2) is 11.3. The monoisotopic (exact) mass is 552 g/mol. The predicted molar refractivity (Wildman–Crippen MR) is 145 cm³/mol. The van der Waals surface area contributed by atoms with E-state index in [0.29, 0.717) is 19.1 Å². The third-order valence-electron chi connectivity index (χ3n) is 8.51. The quantitative estimate of drug-likeness (QED) is 0.247. The van der Waals surface area contributed by atoms with Crippen LogP contribution in [-0.4, -0.2) is 40.8 Å². The summed E-state index contributed by atoms with van der Waals surface area (Å²) < 4.78 is 46.7. The Morgan fingerprint density at radius 2 is 1.70 bits per heavy atom. The lowest BCUT2D eigenvalue weighted by Crippen LogP contribution is -2.61. The zero-order valence-corrected chi connectivity index (χ0v) is 23.0. The molecule has 2 heterocycles. The molecule has 8 heteroatoms. The van der Waals surface area contributed by atoms with Crippen LogP contribution in [0.2, 0.25) is 0 Å². The van der Waals surface area contributed by atoms with Crippen LogP contribution < -0.4 is 0 Å². The first kappa shape index (κ1) is 28.3. The summed E-state index contributed by atoms with van der Waals surface area (Å²) in [5.74, 6) is -2.07. The Bertz CT molecular complexity index is 1390. The Morgan fingerprint density at radius 3 is 2.40 bits per heavy atom. The van der Waals surface area contributed by atoms with Gasteiger partial charge >= 0.3 is 0 Å². The van der Waals surface area contributed by atoms with Gasteiger partial charge in [-0.2, -0.15) is 0 Å². The molecule has 1 saturated carbocycles. The third-order valence-corrected chi connectivity index (χ3v) is 8.51. The first-order valence-corrected chi connectivity index (χ1v) is 14.0. The molecular formula is C32H35F3N2O3. The lowest BCUT2D eigenvalue weighted by atomic mass is 9.68. The van der Waals surface area contributed by atoms with Gasteiger partial charge in [0, 0.05) is 55.9 Å². The lowest BCUT2D eigenvalue weighted by molar-refractivity contribution is -0.127. The standard InChI is InChI=1S/C32H35F3N2O3/c1-31(2,21-7-6-8-22(33)13-21)16-25(38)17-32(19-37(20-32)24-9-4-3-5-10-24)18-29(39)28-15-30(40-36-28)26-12-11-23(34)14-27(26)35/h6-8,11-15,24H,3-5,9-10,16-20H2,1-2H3. The van der Waals surface area contributed by atoms with Gasteiger partial charge in [0.2, 0.25) is 0 Å². The van der Waals surface area contributed by atoms with E-state index in [1.165, 1.54) is 43.5 Å². The number of hydrogen-bond donors (Lipinski definition) is 0. The van der Waals surface area contributed by atoms with E-state index < -0.39 is 22.5 Å². The highest BCUT2D eigenvalue weighted by atomic mass is 19.1. The zero-order chi connectivity index (χ0) is 28.5. The highest BCUT2D eigenvalue weighted by Crippen LogP contribution is 2.43. The van der Waals surface area contributed by atoms with E-state index in [-0.39, 0.29) is 53.7 Å². The Morgan fingerprint density at radius 1 is 0.975 bits per heavy atom. The second-order valence-corrected chi connectivity index (χ2v) is 12.3. The van der Waals surface area contributed by atoms with Crippen LogP contribution in [0.3, 0.4) is 0 Å². The number of aromatic nitrogens is 1. The van der Waals surface area contributed by atoms with Crippen LogP contribution >= 0.6 is 0 Å². The molecule has 0 spiro atoms. The molecule has 212 valence electrons. The fourth-order valence-corrected chi connectivity index (χ4v) is 6.45. The van der Waals surface area contributed by atoms with E-state index in [1.807, 2.05) is 19.9 Å². The molecule has 0 radical (unpaired) electrons. The molecule has 5 nitrogen and oxygen atoms in total. The minimum absolute atomic E-state index is 0.0181. The number of Topliss-reactive ketones (excluding diaryl/α,β-unsaturated/α-hetero) is 2. The molecular weight excluding hydrogens is 517 g/mol. The van der Waals surface area contributed by atoms with Crippen molar-refractivity contribution in [3.63, 3.8) is 0 Å². The van der Waals surface area contributed by atoms with E-state index in [2.05, 4.69) is 10.1 Å². The third kappa shape index (κ3) is 6.22. The van der Waals surface area contributed by atoms with Crippen molar-refractivity contribution < 1.29 is 27.3 Å². The summed E-state index contributed by atoms with van der Waals surface area (Å²) in [6, 6.07) is 11.3. The van der Waals surface area contributed by atoms with Crippen molar-refractivity contribution in [3.05, 3.63) is 77.2 Å². The topological polar surface area (TPSA) is 63.4 Å². The Balaban J connectivity index is 1.31. The summed E-state index contributed by atoms with van der Waals surface area (Å²) in [4.78, 5) is 29.2. The van der Waals surface area contributed by atoms with Crippen molar-refractivity contribution in [1.82, 2.24) is 10.1 Å². The maximum Gasteiger partial charge on any atom is 0.185 e. The lowest BCUT2D eigenvalue weighted by Gasteiger charge is -2.54. The van der Waals surface area contributed by atoms with Crippen molar-refractivity contribution in [2.75, 3.05) is 13.1 Å². The predicted octanol–water partition coefficient (Wildman–Crippen LogP) is 7.29. The summed E-state index contributed by atoms with van der Waals surface area (Å²) in [5, 5.41) is 3.87. The average Bonchev–Trinajstić information content (AvgIpc) is 3.37. The normalized spacial score (nSPS) is 17.9. The molecule has 3 aromatic rings. The van der Waals surface area contributed by atoms with Crippen LogP contribution in [0.15, 0.2) is 53.1 Å². The van der Waals surface area contributed by atoms with Gasteiger partial charge < -0.3 is 4.52 Å². The highest BCUT2D eigenvalue weighted by Gasteiger charge is 2.48. The van der Waals surface area contributed by atoms with Gasteiger partial charge in [-0.15, -0.1) is 0 Å².